The van der Waals surface area contributed by atoms with Crippen molar-refractivity contribution >= 4 is 17.0 Å². The van der Waals surface area contributed by atoms with E-state index in [9.17, 15) is 5.11 Å². The molecule has 3 aromatic rings. The molecule has 3 heterocycles. The molecule has 1 aromatic carbocycles. The number of anilines is 1. The maximum absolute atomic E-state index is 10.5. The van der Waals surface area contributed by atoms with Crippen LogP contribution in [0.25, 0.3) is 11.2 Å². The van der Waals surface area contributed by atoms with E-state index in [1.54, 1.807) is 4.57 Å². The molecule has 0 aliphatic carbocycles. The van der Waals surface area contributed by atoms with Crippen LogP contribution in [0, 0.1) is 0 Å². The molecule has 0 radical (unpaired) electrons. The normalized spacial score (nSPS) is 25.8. The van der Waals surface area contributed by atoms with Crippen molar-refractivity contribution < 1.29 is 9.84 Å². The fraction of sp³-hybridized carbons (Fsp3) is 0.353. The van der Waals surface area contributed by atoms with Gasteiger partial charge in [0.25, 0.3) is 0 Å². The van der Waals surface area contributed by atoms with Crippen molar-refractivity contribution in [2.24, 2.45) is 5.73 Å². The molecule has 136 valence electrons. The number of nitrogens with zero attached hydrogens (tertiary/aromatic N) is 4. The van der Waals surface area contributed by atoms with Gasteiger partial charge in [0, 0.05) is 13.1 Å². The van der Waals surface area contributed by atoms with Crippen LogP contribution >= 0.6 is 0 Å². The van der Waals surface area contributed by atoms with Gasteiger partial charge in [-0.05, 0) is 5.56 Å². The van der Waals surface area contributed by atoms with Crippen LogP contribution in [0.5, 0.6) is 0 Å². The van der Waals surface area contributed by atoms with Crippen LogP contribution in [0.1, 0.15) is 11.8 Å². The van der Waals surface area contributed by atoms with E-state index >= 15 is 0 Å². The van der Waals surface area contributed by atoms with Crippen LogP contribution in [0.15, 0.2) is 43.0 Å². The predicted octanol–water partition coefficient (Wildman–Crippen LogP) is -0.216. The zero-order valence-electron chi connectivity index (χ0n) is 14.1. The number of hydrogen-bond acceptors (Lipinski definition) is 8. The number of aliphatic hydroxyl groups is 1. The van der Waals surface area contributed by atoms with Gasteiger partial charge in [-0.2, -0.15) is 0 Å². The van der Waals surface area contributed by atoms with Gasteiger partial charge in [0.1, 0.15) is 17.9 Å². The first kappa shape index (κ1) is 16.9. The van der Waals surface area contributed by atoms with Gasteiger partial charge in [0.05, 0.1) is 18.5 Å². The molecule has 6 N–H and O–H groups in total. The molecule has 4 rings (SSSR count). The van der Waals surface area contributed by atoms with E-state index in [1.807, 2.05) is 30.3 Å². The SMILES string of the molecule is Nc1ncnc2c1ncn2[C@@H]1O[C@H](CNCc2ccccc2)[C@@H](N)[C@H]1O. The number of benzene rings is 1. The fourth-order valence-electron chi connectivity index (χ4n) is 3.19. The molecule has 9 nitrogen and oxygen atoms in total. The number of aliphatic hydroxyl groups excluding tert-OH is 1. The predicted molar refractivity (Wildman–Crippen MR) is 95.8 cm³/mol. The molecule has 4 atom stereocenters. The second-order valence-electron chi connectivity index (χ2n) is 6.33. The summed E-state index contributed by atoms with van der Waals surface area (Å²) in [6, 6.07) is 9.52. The summed E-state index contributed by atoms with van der Waals surface area (Å²) in [7, 11) is 0. The highest BCUT2D eigenvalue weighted by Crippen LogP contribution is 2.30. The van der Waals surface area contributed by atoms with Crippen molar-refractivity contribution in [1.29, 1.82) is 0 Å². The summed E-state index contributed by atoms with van der Waals surface area (Å²) >= 11 is 0. The van der Waals surface area contributed by atoms with E-state index in [1.165, 1.54) is 18.2 Å². The number of fused-ring (bicyclic) bond motifs is 1. The molecule has 1 aliphatic heterocycles. The molecule has 1 aliphatic rings. The topological polar surface area (TPSA) is 137 Å². The van der Waals surface area contributed by atoms with Gasteiger partial charge >= 0.3 is 0 Å². The van der Waals surface area contributed by atoms with Gasteiger partial charge in [-0.1, -0.05) is 30.3 Å². The first-order chi connectivity index (χ1) is 12.6. The van der Waals surface area contributed by atoms with Crippen molar-refractivity contribution in [2.45, 2.75) is 31.0 Å². The van der Waals surface area contributed by atoms with Gasteiger partial charge in [-0.3, -0.25) is 4.57 Å². The Morgan fingerprint density at radius 2 is 2.00 bits per heavy atom. The van der Waals surface area contributed by atoms with E-state index in [2.05, 4.69) is 20.3 Å². The number of rotatable bonds is 5. The molecule has 0 amide bonds. The molecule has 0 unspecified atom stereocenters. The third-order valence-electron chi connectivity index (χ3n) is 4.61. The van der Waals surface area contributed by atoms with Gasteiger partial charge in [-0.15, -0.1) is 0 Å². The van der Waals surface area contributed by atoms with Crippen molar-refractivity contribution in [3.05, 3.63) is 48.5 Å². The zero-order valence-corrected chi connectivity index (χ0v) is 14.1. The third-order valence-corrected chi connectivity index (χ3v) is 4.61. The highest BCUT2D eigenvalue weighted by molar-refractivity contribution is 5.81. The van der Waals surface area contributed by atoms with Gasteiger partial charge in [0.15, 0.2) is 17.7 Å². The van der Waals surface area contributed by atoms with Crippen molar-refractivity contribution in [3.63, 3.8) is 0 Å². The van der Waals surface area contributed by atoms with Crippen molar-refractivity contribution in [3.8, 4) is 0 Å². The van der Waals surface area contributed by atoms with Gasteiger partial charge in [-0.25, -0.2) is 15.0 Å². The molecule has 1 saturated heterocycles. The summed E-state index contributed by atoms with van der Waals surface area (Å²) in [5, 5.41) is 13.9. The van der Waals surface area contributed by atoms with E-state index in [-0.39, 0.29) is 11.9 Å². The van der Waals surface area contributed by atoms with E-state index in [4.69, 9.17) is 16.2 Å². The van der Waals surface area contributed by atoms with Gasteiger partial charge in [0.2, 0.25) is 0 Å². The third kappa shape index (κ3) is 3.01. The average molecular weight is 355 g/mol. The van der Waals surface area contributed by atoms with Crippen LogP contribution in [0.2, 0.25) is 0 Å². The summed E-state index contributed by atoms with van der Waals surface area (Å²) in [6.07, 6.45) is 1.00. The van der Waals surface area contributed by atoms with Crippen molar-refractivity contribution in [2.75, 3.05) is 12.3 Å². The minimum absolute atomic E-state index is 0.284. The van der Waals surface area contributed by atoms with Crippen LogP contribution in [-0.2, 0) is 11.3 Å². The Morgan fingerprint density at radius 1 is 1.19 bits per heavy atom. The van der Waals surface area contributed by atoms with E-state index in [0.29, 0.717) is 24.3 Å². The Morgan fingerprint density at radius 3 is 2.81 bits per heavy atom. The number of imidazole rings is 1. The smallest absolute Gasteiger partial charge is 0.167 e. The molecule has 2 aromatic heterocycles. The van der Waals surface area contributed by atoms with Crippen molar-refractivity contribution in [1.82, 2.24) is 24.8 Å². The van der Waals surface area contributed by atoms with Gasteiger partial charge < -0.3 is 26.6 Å². The summed E-state index contributed by atoms with van der Waals surface area (Å²) in [5.41, 5.74) is 14.1. The lowest BCUT2D eigenvalue weighted by molar-refractivity contribution is -0.0342. The lowest BCUT2D eigenvalue weighted by Crippen LogP contribution is -2.44. The van der Waals surface area contributed by atoms with E-state index in [0.717, 1.165) is 0 Å². The second-order valence-corrected chi connectivity index (χ2v) is 6.33. The zero-order chi connectivity index (χ0) is 18.1. The Kier molecular flexibility index (Phi) is 4.51. The average Bonchev–Trinajstić information content (AvgIpc) is 3.20. The summed E-state index contributed by atoms with van der Waals surface area (Å²) in [5.74, 6) is 0.284. The van der Waals surface area contributed by atoms with Crippen LogP contribution in [0.3, 0.4) is 0 Å². The Balaban J connectivity index is 1.46. The molecular weight excluding hydrogens is 334 g/mol. The first-order valence-corrected chi connectivity index (χ1v) is 8.42. The number of nitrogen functional groups attached to an aromatic ring is 1. The van der Waals surface area contributed by atoms with Crippen LogP contribution in [0.4, 0.5) is 5.82 Å². The highest BCUT2D eigenvalue weighted by atomic mass is 16.5. The minimum atomic E-state index is -0.882. The lowest BCUT2D eigenvalue weighted by Gasteiger charge is -2.16. The fourth-order valence-corrected chi connectivity index (χ4v) is 3.19. The molecule has 0 bridgehead atoms. The second kappa shape index (κ2) is 6.96. The lowest BCUT2D eigenvalue weighted by atomic mass is 10.1. The summed E-state index contributed by atoms with van der Waals surface area (Å²) < 4.78 is 7.65. The highest BCUT2D eigenvalue weighted by Gasteiger charge is 2.42. The molecule has 9 heteroatoms. The molecule has 1 fully saturated rings. The van der Waals surface area contributed by atoms with Crippen LogP contribution < -0.4 is 16.8 Å². The largest absolute Gasteiger partial charge is 0.387 e. The Labute approximate surface area is 150 Å². The Bertz CT molecular complexity index is 885. The summed E-state index contributed by atoms with van der Waals surface area (Å²) in [6.45, 7) is 1.22. The maximum Gasteiger partial charge on any atom is 0.167 e. The number of nitrogens with one attached hydrogen (secondary N) is 1. The summed E-state index contributed by atoms with van der Waals surface area (Å²) in [4.78, 5) is 12.3. The Hall–Kier alpha value is -2.59. The number of hydrogen-bond donors (Lipinski definition) is 4. The molecule has 0 spiro atoms. The molecular formula is C17H21N7O2. The minimum Gasteiger partial charge on any atom is -0.387 e. The quantitative estimate of drug-likeness (QED) is 0.493. The molecule has 26 heavy (non-hydrogen) atoms. The van der Waals surface area contributed by atoms with Crippen LogP contribution in [-0.4, -0.2) is 49.4 Å². The molecule has 0 saturated carbocycles. The number of nitrogens with two attached hydrogens (primary N) is 2. The monoisotopic (exact) mass is 355 g/mol. The standard InChI is InChI=1S/C17H21N7O2/c18-12-11(7-20-6-10-4-2-1-3-5-10)26-17(14(12)25)24-9-23-13-15(19)21-8-22-16(13)24/h1-5,8-9,11-12,14,17,20,25H,6-7,18H2,(H2,19,21,22)/t11-,12-,14-,17-/m1/s1. The number of aromatic nitrogens is 4. The maximum atomic E-state index is 10.5. The first-order valence-electron chi connectivity index (χ1n) is 8.42. The van der Waals surface area contributed by atoms with E-state index < -0.39 is 18.4 Å². The number of ether oxygens (including phenoxy) is 1.